The van der Waals surface area contributed by atoms with Crippen LogP contribution in [0.3, 0.4) is 0 Å². The lowest BCUT2D eigenvalue weighted by molar-refractivity contribution is 0.205. The largest absolute Gasteiger partial charge is 0.374 e. The van der Waals surface area contributed by atoms with Gasteiger partial charge < -0.3 is 10.2 Å². The molecular formula is C27H38N4. The third-order valence-electron chi connectivity index (χ3n) is 6.88. The van der Waals surface area contributed by atoms with Crippen LogP contribution in [0.2, 0.25) is 0 Å². The molecule has 1 aromatic carbocycles. The molecule has 0 saturated heterocycles. The summed E-state index contributed by atoms with van der Waals surface area (Å²) in [6, 6.07) is 13.7. The molecule has 0 spiro atoms. The number of nitrogens with zero attached hydrogens (tertiary/aromatic N) is 3. The Morgan fingerprint density at radius 3 is 2.77 bits per heavy atom. The third-order valence-corrected chi connectivity index (χ3v) is 6.88. The average molecular weight is 419 g/mol. The van der Waals surface area contributed by atoms with Crippen LogP contribution in [0, 0.1) is 5.92 Å². The smallest absolute Gasteiger partial charge is 0.126 e. The van der Waals surface area contributed by atoms with Crippen molar-refractivity contribution in [1.82, 2.24) is 14.8 Å². The van der Waals surface area contributed by atoms with E-state index < -0.39 is 0 Å². The second kappa shape index (κ2) is 10.3. The number of aromatic nitrogens is 1. The van der Waals surface area contributed by atoms with Crippen molar-refractivity contribution < 1.29 is 0 Å². The summed E-state index contributed by atoms with van der Waals surface area (Å²) >= 11 is 0. The summed E-state index contributed by atoms with van der Waals surface area (Å²) < 4.78 is 0. The topological polar surface area (TPSA) is 31.4 Å². The number of hydrogen-bond acceptors (Lipinski definition) is 4. The number of hydrogen-bond donors (Lipinski definition) is 1. The Balaban J connectivity index is 1.29. The Hall–Kier alpha value is -2.33. The van der Waals surface area contributed by atoms with Crippen molar-refractivity contribution in [1.29, 1.82) is 0 Å². The average Bonchev–Trinajstić information content (AvgIpc) is 2.79. The molecule has 0 bridgehead atoms. The monoisotopic (exact) mass is 418 g/mol. The number of nitrogens with one attached hydrogen (secondary N) is 1. The van der Waals surface area contributed by atoms with Crippen LogP contribution >= 0.6 is 0 Å². The standard InChI is InChI=1S/C27H38N4/c1-21(19-31-16-14-23-9-7-8-10-25(23)20-31)18-30(3)22(2)24-13-15-28-27(17-24)29-26-11-5-4-6-12-26/h7-10,13,15,17,21,26H,2,4-6,11-12,14,16,18-20H2,1,3H3,(H,28,29). The molecule has 1 aliphatic heterocycles. The van der Waals surface area contributed by atoms with Gasteiger partial charge in [-0.15, -0.1) is 0 Å². The van der Waals surface area contributed by atoms with E-state index in [1.807, 2.05) is 6.20 Å². The van der Waals surface area contributed by atoms with Gasteiger partial charge in [-0.1, -0.05) is 57.0 Å². The van der Waals surface area contributed by atoms with Crippen molar-refractivity contribution in [3.8, 4) is 0 Å². The van der Waals surface area contributed by atoms with E-state index in [0.29, 0.717) is 12.0 Å². The fourth-order valence-corrected chi connectivity index (χ4v) is 5.15. The van der Waals surface area contributed by atoms with Crippen LogP contribution < -0.4 is 5.32 Å². The molecule has 1 atom stereocenters. The molecule has 4 rings (SSSR count). The Labute approximate surface area is 188 Å². The lowest BCUT2D eigenvalue weighted by atomic mass is 9.95. The van der Waals surface area contributed by atoms with E-state index >= 15 is 0 Å². The molecule has 1 fully saturated rings. The van der Waals surface area contributed by atoms with E-state index in [-0.39, 0.29) is 0 Å². The highest BCUT2D eigenvalue weighted by Crippen LogP contribution is 2.24. The normalized spacial score (nSPS) is 18.3. The van der Waals surface area contributed by atoms with Crippen LogP contribution in [0.4, 0.5) is 5.82 Å². The molecule has 4 heteroatoms. The molecule has 0 amide bonds. The van der Waals surface area contributed by atoms with Gasteiger partial charge in [0.05, 0.1) is 0 Å². The minimum atomic E-state index is 0.567. The number of anilines is 1. The summed E-state index contributed by atoms with van der Waals surface area (Å²) in [5, 5.41) is 3.64. The highest BCUT2D eigenvalue weighted by atomic mass is 15.2. The lowest BCUT2D eigenvalue weighted by Crippen LogP contribution is -2.37. The molecule has 31 heavy (non-hydrogen) atoms. The van der Waals surface area contributed by atoms with E-state index in [4.69, 9.17) is 0 Å². The summed E-state index contributed by atoms with van der Waals surface area (Å²) in [5.41, 5.74) is 5.25. The number of rotatable bonds is 8. The van der Waals surface area contributed by atoms with Crippen LogP contribution in [0.15, 0.2) is 49.2 Å². The van der Waals surface area contributed by atoms with Crippen LogP contribution in [-0.2, 0) is 13.0 Å². The number of pyridine rings is 1. The summed E-state index contributed by atoms with van der Waals surface area (Å²) in [5.74, 6) is 1.56. The Kier molecular flexibility index (Phi) is 7.29. The second-order valence-corrected chi connectivity index (χ2v) is 9.60. The van der Waals surface area contributed by atoms with Crippen molar-refractivity contribution in [2.45, 2.75) is 58.0 Å². The molecule has 2 heterocycles. The molecule has 2 aliphatic rings. The summed E-state index contributed by atoms with van der Waals surface area (Å²) in [4.78, 5) is 9.46. The van der Waals surface area contributed by atoms with Gasteiger partial charge in [-0.2, -0.15) is 0 Å². The van der Waals surface area contributed by atoms with Crippen molar-refractivity contribution in [3.05, 3.63) is 65.9 Å². The molecule has 1 unspecified atom stereocenters. The van der Waals surface area contributed by atoms with Crippen LogP contribution in [0.25, 0.3) is 5.70 Å². The van der Waals surface area contributed by atoms with Gasteiger partial charge in [-0.3, -0.25) is 4.90 Å². The molecule has 1 saturated carbocycles. The van der Waals surface area contributed by atoms with E-state index in [9.17, 15) is 0 Å². The predicted octanol–water partition coefficient (Wildman–Crippen LogP) is 5.42. The van der Waals surface area contributed by atoms with Gasteiger partial charge in [0.1, 0.15) is 5.82 Å². The first-order valence-electron chi connectivity index (χ1n) is 12.0. The first kappa shape index (κ1) is 21.9. The molecule has 0 radical (unpaired) electrons. The zero-order chi connectivity index (χ0) is 21.6. The van der Waals surface area contributed by atoms with Crippen molar-refractivity contribution in [3.63, 3.8) is 0 Å². The van der Waals surface area contributed by atoms with Gasteiger partial charge in [0.2, 0.25) is 0 Å². The quantitative estimate of drug-likeness (QED) is 0.620. The fourth-order valence-electron chi connectivity index (χ4n) is 5.15. The minimum Gasteiger partial charge on any atom is -0.374 e. The Morgan fingerprint density at radius 1 is 1.19 bits per heavy atom. The predicted molar refractivity (Wildman–Crippen MR) is 131 cm³/mol. The van der Waals surface area contributed by atoms with E-state index in [0.717, 1.165) is 43.3 Å². The molecule has 1 aliphatic carbocycles. The minimum absolute atomic E-state index is 0.567. The van der Waals surface area contributed by atoms with Gasteiger partial charge in [-0.05, 0) is 48.4 Å². The molecule has 166 valence electrons. The molecule has 4 nitrogen and oxygen atoms in total. The molecule has 1 N–H and O–H groups in total. The third kappa shape index (κ3) is 5.88. The number of benzene rings is 1. The highest BCUT2D eigenvalue weighted by molar-refractivity contribution is 5.64. The molecule has 1 aromatic heterocycles. The maximum Gasteiger partial charge on any atom is 0.126 e. The van der Waals surface area contributed by atoms with Gasteiger partial charge in [0, 0.05) is 56.7 Å². The van der Waals surface area contributed by atoms with Gasteiger partial charge in [-0.25, -0.2) is 4.98 Å². The zero-order valence-electron chi connectivity index (χ0n) is 19.3. The lowest BCUT2D eigenvalue weighted by Gasteiger charge is -2.33. The van der Waals surface area contributed by atoms with Crippen molar-refractivity contribution >= 4 is 11.5 Å². The zero-order valence-corrected chi connectivity index (χ0v) is 19.3. The maximum absolute atomic E-state index is 4.55. The Morgan fingerprint density at radius 2 is 1.97 bits per heavy atom. The van der Waals surface area contributed by atoms with Crippen molar-refractivity contribution in [2.75, 3.05) is 32.0 Å². The van der Waals surface area contributed by atoms with Crippen LogP contribution in [0.1, 0.15) is 55.7 Å². The first-order valence-corrected chi connectivity index (χ1v) is 12.0. The van der Waals surface area contributed by atoms with Crippen LogP contribution in [-0.4, -0.2) is 47.5 Å². The van der Waals surface area contributed by atoms with Crippen molar-refractivity contribution in [2.24, 2.45) is 5.92 Å². The highest BCUT2D eigenvalue weighted by Gasteiger charge is 2.19. The van der Waals surface area contributed by atoms with E-state index in [1.165, 1.54) is 49.7 Å². The number of fused-ring (bicyclic) bond motifs is 1. The molecule has 2 aromatic rings. The van der Waals surface area contributed by atoms with E-state index in [1.54, 1.807) is 0 Å². The maximum atomic E-state index is 4.55. The summed E-state index contributed by atoms with van der Waals surface area (Å²) in [7, 11) is 2.17. The van der Waals surface area contributed by atoms with Gasteiger partial charge in [0.15, 0.2) is 0 Å². The second-order valence-electron chi connectivity index (χ2n) is 9.60. The first-order chi connectivity index (χ1) is 15.1. The van der Waals surface area contributed by atoms with Gasteiger partial charge >= 0.3 is 0 Å². The van der Waals surface area contributed by atoms with Gasteiger partial charge in [0.25, 0.3) is 0 Å². The van der Waals surface area contributed by atoms with Crippen LogP contribution in [0.5, 0.6) is 0 Å². The summed E-state index contributed by atoms with van der Waals surface area (Å²) in [6.45, 7) is 11.1. The van der Waals surface area contributed by atoms with E-state index in [2.05, 4.69) is 77.0 Å². The SMILES string of the molecule is C=C(c1ccnc(NC2CCCCC2)c1)N(C)CC(C)CN1CCc2ccccc2C1. The molecular weight excluding hydrogens is 380 g/mol. The Bertz CT molecular complexity index is 871. The summed E-state index contributed by atoms with van der Waals surface area (Å²) in [6.07, 6.45) is 9.61. The fraction of sp³-hybridized carbons (Fsp3) is 0.519.